The molecule has 4 rings (SSSR count). The van der Waals surface area contributed by atoms with Gasteiger partial charge >= 0.3 is 0 Å². The highest BCUT2D eigenvalue weighted by atomic mass is 35.5. The lowest BCUT2D eigenvalue weighted by atomic mass is 10.0. The van der Waals surface area contributed by atoms with Crippen LogP contribution < -0.4 is 9.62 Å². The molecule has 4 aromatic carbocycles. The van der Waals surface area contributed by atoms with E-state index in [2.05, 4.69) is 5.32 Å². The van der Waals surface area contributed by atoms with Gasteiger partial charge in [-0.3, -0.25) is 13.9 Å². The number of carbonyl (C=O) groups is 2. The third kappa shape index (κ3) is 8.77. The first-order valence-corrected chi connectivity index (χ1v) is 17.3. The largest absolute Gasteiger partial charge is 0.352 e. The van der Waals surface area contributed by atoms with Crippen molar-refractivity contribution in [2.24, 2.45) is 0 Å². The van der Waals surface area contributed by atoms with E-state index < -0.39 is 28.5 Å². The van der Waals surface area contributed by atoms with Gasteiger partial charge in [-0.05, 0) is 86.7 Å². The molecule has 0 bridgehead atoms. The zero-order valence-corrected chi connectivity index (χ0v) is 28.6. The van der Waals surface area contributed by atoms with E-state index >= 15 is 0 Å². The molecule has 0 heterocycles. The van der Waals surface area contributed by atoms with Gasteiger partial charge in [-0.25, -0.2) is 8.42 Å². The number of halogens is 1. The van der Waals surface area contributed by atoms with E-state index in [1.807, 2.05) is 77.1 Å². The normalized spacial score (nSPS) is 12.7. The number of hydrogen-bond acceptors (Lipinski definition) is 4. The van der Waals surface area contributed by atoms with Crippen LogP contribution in [0.2, 0.25) is 5.02 Å². The molecular weight excluding hydrogens is 618 g/mol. The molecular formula is C37H42ClN3O4S. The molecule has 2 amide bonds. The molecule has 0 saturated heterocycles. The standard InChI is InChI=1S/C37H42ClN3O4S/c1-6-29(5)39-37(43)35(23-30-12-8-7-9-13-30)40(24-31-14-10-11-15-34(31)38)36(42)25-41(32-21-27(3)20-28(4)22-32)46(44,45)33-18-16-26(2)17-19-33/h7-22,29,35H,6,23-25H2,1-5H3,(H,39,43). The van der Waals surface area contributed by atoms with Gasteiger partial charge in [0.1, 0.15) is 12.6 Å². The number of sulfonamides is 1. The minimum absolute atomic E-state index is 0.00912. The molecule has 0 aliphatic heterocycles. The van der Waals surface area contributed by atoms with Gasteiger partial charge in [0.05, 0.1) is 10.6 Å². The van der Waals surface area contributed by atoms with Crippen molar-refractivity contribution in [2.75, 3.05) is 10.8 Å². The average molecular weight is 660 g/mol. The summed E-state index contributed by atoms with van der Waals surface area (Å²) in [5, 5.41) is 3.49. The Bertz CT molecular complexity index is 1740. The molecule has 46 heavy (non-hydrogen) atoms. The van der Waals surface area contributed by atoms with Crippen LogP contribution >= 0.6 is 11.6 Å². The topological polar surface area (TPSA) is 86.8 Å². The third-order valence-corrected chi connectivity index (χ3v) is 10.1. The molecule has 0 spiro atoms. The first-order valence-electron chi connectivity index (χ1n) is 15.4. The molecule has 7 nitrogen and oxygen atoms in total. The smallest absolute Gasteiger partial charge is 0.264 e. The van der Waals surface area contributed by atoms with E-state index in [-0.39, 0.29) is 29.8 Å². The minimum atomic E-state index is -4.18. The predicted octanol–water partition coefficient (Wildman–Crippen LogP) is 7.02. The van der Waals surface area contributed by atoms with E-state index in [4.69, 9.17) is 11.6 Å². The van der Waals surface area contributed by atoms with Gasteiger partial charge in [-0.1, -0.05) is 90.8 Å². The molecule has 2 atom stereocenters. The zero-order valence-electron chi connectivity index (χ0n) is 27.0. The second-order valence-corrected chi connectivity index (χ2v) is 14.1. The summed E-state index contributed by atoms with van der Waals surface area (Å²) in [6.07, 6.45) is 0.936. The van der Waals surface area contributed by atoms with E-state index in [1.165, 1.54) is 4.90 Å². The Morgan fingerprint density at radius 3 is 2.04 bits per heavy atom. The molecule has 4 aromatic rings. The molecule has 0 radical (unpaired) electrons. The lowest BCUT2D eigenvalue weighted by Crippen LogP contribution is -2.54. The predicted molar refractivity (Wildman–Crippen MR) is 185 cm³/mol. The Morgan fingerprint density at radius 2 is 1.43 bits per heavy atom. The van der Waals surface area contributed by atoms with Gasteiger partial charge in [0.2, 0.25) is 11.8 Å². The Labute approximate surface area is 278 Å². The van der Waals surface area contributed by atoms with Gasteiger partial charge in [0.25, 0.3) is 10.0 Å². The van der Waals surface area contributed by atoms with Crippen molar-refractivity contribution in [3.05, 3.63) is 130 Å². The van der Waals surface area contributed by atoms with Crippen molar-refractivity contribution in [2.45, 2.75) is 71.0 Å². The highest BCUT2D eigenvalue weighted by Crippen LogP contribution is 2.28. The number of rotatable bonds is 13. The molecule has 0 aliphatic carbocycles. The number of aryl methyl sites for hydroxylation is 3. The molecule has 0 aromatic heterocycles. The van der Waals surface area contributed by atoms with E-state index in [0.717, 1.165) is 26.6 Å². The zero-order chi connectivity index (χ0) is 33.4. The van der Waals surface area contributed by atoms with Crippen molar-refractivity contribution >= 4 is 39.1 Å². The summed E-state index contributed by atoms with van der Waals surface area (Å²) >= 11 is 6.58. The maximum absolute atomic E-state index is 14.6. The summed E-state index contributed by atoms with van der Waals surface area (Å²) < 4.78 is 29.7. The molecule has 0 aliphatic rings. The molecule has 242 valence electrons. The molecule has 0 saturated carbocycles. The highest BCUT2D eigenvalue weighted by Gasteiger charge is 2.35. The van der Waals surface area contributed by atoms with Gasteiger partial charge < -0.3 is 10.2 Å². The minimum Gasteiger partial charge on any atom is -0.352 e. The first kappa shape index (κ1) is 34.7. The van der Waals surface area contributed by atoms with Crippen LogP contribution in [-0.2, 0) is 32.6 Å². The maximum atomic E-state index is 14.6. The van der Waals surface area contributed by atoms with Crippen LogP contribution in [0.4, 0.5) is 5.69 Å². The van der Waals surface area contributed by atoms with E-state index in [0.29, 0.717) is 22.7 Å². The number of amides is 2. The average Bonchev–Trinajstić information content (AvgIpc) is 3.02. The van der Waals surface area contributed by atoms with Crippen LogP contribution in [-0.4, -0.2) is 43.8 Å². The van der Waals surface area contributed by atoms with E-state index in [1.54, 1.807) is 54.6 Å². The summed E-state index contributed by atoms with van der Waals surface area (Å²) in [5.41, 5.74) is 4.50. The first-order chi connectivity index (χ1) is 21.9. The van der Waals surface area contributed by atoms with Crippen LogP contribution in [0, 0.1) is 20.8 Å². The molecule has 1 N–H and O–H groups in total. The van der Waals surface area contributed by atoms with Crippen LogP contribution in [0.15, 0.2) is 102 Å². The number of nitrogens with zero attached hydrogens (tertiary/aromatic N) is 2. The molecule has 0 fully saturated rings. The van der Waals surface area contributed by atoms with Crippen molar-refractivity contribution in [3.63, 3.8) is 0 Å². The van der Waals surface area contributed by atoms with Gasteiger partial charge in [0.15, 0.2) is 0 Å². The Balaban J connectivity index is 1.84. The van der Waals surface area contributed by atoms with Crippen molar-refractivity contribution in [3.8, 4) is 0 Å². The van der Waals surface area contributed by atoms with Crippen LogP contribution in [0.3, 0.4) is 0 Å². The number of anilines is 1. The van der Waals surface area contributed by atoms with Gasteiger partial charge in [-0.15, -0.1) is 0 Å². The Kier molecular flexibility index (Phi) is 11.7. The number of benzene rings is 4. The molecule has 9 heteroatoms. The lowest BCUT2D eigenvalue weighted by Gasteiger charge is -2.34. The summed E-state index contributed by atoms with van der Waals surface area (Å²) in [7, 11) is -4.18. The summed E-state index contributed by atoms with van der Waals surface area (Å²) in [6.45, 7) is 9.02. The second kappa shape index (κ2) is 15.4. The quantitative estimate of drug-likeness (QED) is 0.167. The van der Waals surface area contributed by atoms with Crippen LogP contribution in [0.5, 0.6) is 0 Å². The summed E-state index contributed by atoms with van der Waals surface area (Å²) in [4.78, 5) is 30.1. The fraction of sp³-hybridized carbons (Fsp3) is 0.297. The van der Waals surface area contributed by atoms with Crippen LogP contribution in [0.1, 0.15) is 48.1 Å². The Hall–Kier alpha value is -4.14. The highest BCUT2D eigenvalue weighted by molar-refractivity contribution is 7.92. The summed E-state index contributed by atoms with van der Waals surface area (Å²) in [5.74, 6) is -0.854. The fourth-order valence-electron chi connectivity index (χ4n) is 5.27. The SMILES string of the molecule is CCC(C)NC(=O)C(Cc1ccccc1)N(Cc1ccccc1Cl)C(=O)CN(c1cc(C)cc(C)c1)S(=O)(=O)c1ccc(C)cc1. The number of hydrogen-bond donors (Lipinski definition) is 1. The maximum Gasteiger partial charge on any atom is 0.264 e. The number of nitrogens with one attached hydrogen (secondary N) is 1. The lowest BCUT2D eigenvalue weighted by molar-refractivity contribution is -0.140. The summed E-state index contributed by atoms with van der Waals surface area (Å²) in [6, 6.07) is 27.6. The second-order valence-electron chi connectivity index (χ2n) is 11.8. The fourth-order valence-corrected chi connectivity index (χ4v) is 6.86. The molecule has 2 unspecified atom stereocenters. The van der Waals surface area contributed by atoms with Crippen molar-refractivity contribution in [1.29, 1.82) is 0 Å². The van der Waals surface area contributed by atoms with Crippen molar-refractivity contribution < 1.29 is 18.0 Å². The monoisotopic (exact) mass is 659 g/mol. The van der Waals surface area contributed by atoms with Gasteiger partial charge in [-0.2, -0.15) is 0 Å². The van der Waals surface area contributed by atoms with Crippen LogP contribution in [0.25, 0.3) is 0 Å². The van der Waals surface area contributed by atoms with E-state index in [9.17, 15) is 18.0 Å². The van der Waals surface area contributed by atoms with Gasteiger partial charge in [0, 0.05) is 24.0 Å². The number of carbonyl (C=O) groups excluding carboxylic acids is 2. The third-order valence-electron chi connectivity index (χ3n) is 7.95. The van der Waals surface area contributed by atoms with Crippen molar-refractivity contribution in [1.82, 2.24) is 10.2 Å². The Morgan fingerprint density at radius 1 is 0.826 bits per heavy atom.